The molecule has 0 radical (unpaired) electrons. The Balaban J connectivity index is 2.25. The van der Waals surface area contributed by atoms with Crippen molar-refractivity contribution >= 4 is 27.1 Å². The van der Waals surface area contributed by atoms with Crippen LogP contribution < -0.4 is 10.2 Å². The van der Waals surface area contributed by atoms with Gasteiger partial charge in [0.2, 0.25) is 0 Å². The lowest BCUT2D eigenvalue weighted by Gasteiger charge is -2.25. The summed E-state index contributed by atoms with van der Waals surface area (Å²) in [5.74, 6) is 0.507. The molecule has 112 valence electrons. The summed E-state index contributed by atoms with van der Waals surface area (Å²) in [6.07, 6.45) is 0.676. The van der Waals surface area contributed by atoms with Crippen molar-refractivity contribution < 1.29 is 8.42 Å². The normalized spacial score (nSPS) is 18.8. The molecule has 1 N–H and O–H groups in total. The van der Waals surface area contributed by atoms with Crippen LogP contribution in [0.3, 0.4) is 0 Å². The van der Waals surface area contributed by atoms with Crippen molar-refractivity contribution in [2.24, 2.45) is 0 Å². The van der Waals surface area contributed by atoms with Crippen LogP contribution in [0, 0.1) is 0 Å². The first kappa shape index (κ1) is 15.6. The summed E-state index contributed by atoms with van der Waals surface area (Å²) in [6, 6.07) is 5.83. The molecule has 2 rings (SSSR count). The van der Waals surface area contributed by atoms with Crippen molar-refractivity contribution in [1.82, 2.24) is 5.32 Å². The second-order valence-corrected chi connectivity index (χ2v) is 7.72. The van der Waals surface area contributed by atoms with Crippen molar-refractivity contribution in [2.75, 3.05) is 36.0 Å². The zero-order valence-corrected chi connectivity index (χ0v) is 13.3. The SMILES string of the molecule is CCNCc1c(Cl)cccc1N1CCCS(=O)(=O)CC1. The van der Waals surface area contributed by atoms with Gasteiger partial charge in [-0.1, -0.05) is 24.6 Å². The molecule has 0 unspecified atom stereocenters. The molecule has 1 aromatic rings. The van der Waals surface area contributed by atoms with Gasteiger partial charge >= 0.3 is 0 Å². The predicted octanol–water partition coefficient (Wildman–Crippen LogP) is 2.07. The number of rotatable bonds is 4. The van der Waals surface area contributed by atoms with Gasteiger partial charge in [-0.05, 0) is 25.1 Å². The molecule has 1 aromatic carbocycles. The molecule has 0 amide bonds. The van der Waals surface area contributed by atoms with Gasteiger partial charge < -0.3 is 10.2 Å². The fourth-order valence-corrected chi connectivity index (χ4v) is 3.96. The minimum Gasteiger partial charge on any atom is -0.370 e. The number of sulfone groups is 1. The van der Waals surface area contributed by atoms with E-state index in [-0.39, 0.29) is 11.5 Å². The van der Waals surface area contributed by atoms with Crippen molar-refractivity contribution in [3.63, 3.8) is 0 Å². The molecule has 0 bridgehead atoms. The Kier molecular flexibility index (Phi) is 5.29. The van der Waals surface area contributed by atoms with E-state index in [4.69, 9.17) is 11.6 Å². The Morgan fingerprint density at radius 2 is 2.10 bits per heavy atom. The smallest absolute Gasteiger partial charge is 0.152 e. The highest BCUT2D eigenvalue weighted by atomic mass is 35.5. The molecule has 1 heterocycles. The van der Waals surface area contributed by atoms with Crippen LogP contribution in [-0.4, -0.2) is 39.6 Å². The van der Waals surface area contributed by atoms with Crippen LogP contribution in [0.15, 0.2) is 18.2 Å². The van der Waals surface area contributed by atoms with Gasteiger partial charge in [0.25, 0.3) is 0 Å². The van der Waals surface area contributed by atoms with Gasteiger partial charge in [0.05, 0.1) is 11.5 Å². The molecule has 1 aliphatic heterocycles. The Bertz CT molecular complexity index is 560. The Morgan fingerprint density at radius 1 is 1.30 bits per heavy atom. The standard InChI is InChI=1S/C14H21ClN2O2S/c1-2-16-11-12-13(15)5-3-6-14(12)17-7-4-9-20(18,19)10-8-17/h3,5-6,16H,2,4,7-11H2,1H3. The van der Waals surface area contributed by atoms with Crippen LogP contribution >= 0.6 is 11.6 Å². The Labute approximate surface area is 126 Å². The molecule has 0 atom stereocenters. The summed E-state index contributed by atoms with van der Waals surface area (Å²) >= 11 is 6.30. The molecule has 0 aliphatic carbocycles. The summed E-state index contributed by atoms with van der Waals surface area (Å²) in [4.78, 5) is 2.14. The van der Waals surface area contributed by atoms with Gasteiger partial charge in [0.15, 0.2) is 9.84 Å². The van der Waals surface area contributed by atoms with Crippen molar-refractivity contribution in [2.45, 2.75) is 19.9 Å². The maximum atomic E-state index is 11.7. The van der Waals surface area contributed by atoms with Gasteiger partial charge in [-0.2, -0.15) is 0 Å². The van der Waals surface area contributed by atoms with Crippen molar-refractivity contribution in [1.29, 1.82) is 0 Å². The van der Waals surface area contributed by atoms with Gasteiger partial charge in [-0.15, -0.1) is 0 Å². The third-order valence-electron chi connectivity index (χ3n) is 3.54. The lowest BCUT2D eigenvalue weighted by atomic mass is 10.1. The fourth-order valence-electron chi connectivity index (χ4n) is 2.45. The van der Waals surface area contributed by atoms with Crippen molar-refractivity contribution in [3.05, 3.63) is 28.8 Å². The zero-order chi connectivity index (χ0) is 14.6. The molecule has 1 fully saturated rings. The summed E-state index contributed by atoms with van der Waals surface area (Å²) < 4.78 is 23.4. The fraction of sp³-hybridized carbons (Fsp3) is 0.571. The van der Waals surface area contributed by atoms with Gasteiger partial charge in [0.1, 0.15) is 0 Å². The van der Waals surface area contributed by atoms with Crippen LogP contribution in [0.4, 0.5) is 5.69 Å². The Hall–Kier alpha value is -0.780. The van der Waals surface area contributed by atoms with E-state index in [0.29, 0.717) is 19.5 Å². The van der Waals surface area contributed by atoms with Gasteiger partial charge in [0, 0.05) is 35.9 Å². The van der Waals surface area contributed by atoms with E-state index in [0.717, 1.165) is 29.4 Å². The number of anilines is 1. The highest BCUT2D eigenvalue weighted by Crippen LogP contribution is 2.28. The molecular weight excluding hydrogens is 296 g/mol. The summed E-state index contributed by atoms with van der Waals surface area (Å²) in [5, 5.41) is 4.02. The molecule has 0 saturated carbocycles. The number of hydrogen-bond acceptors (Lipinski definition) is 4. The molecule has 4 nitrogen and oxygen atoms in total. The molecule has 1 aliphatic rings. The van der Waals surface area contributed by atoms with E-state index < -0.39 is 9.84 Å². The molecule has 20 heavy (non-hydrogen) atoms. The second kappa shape index (κ2) is 6.78. The van der Waals surface area contributed by atoms with Crippen molar-refractivity contribution in [3.8, 4) is 0 Å². The first-order valence-corrected chi connectivity index (χ1v) is 9.17. The molecule has 0 aromatic heterocycles. The zero-order valence-electron chi connectivity index (χ0n) is 11.7. The number of halogens is 1. The van der Waals surface area contributed by atoms with E-state index in [1.807, 2.05) is 18.2 Å². The minimum atomic E-state index is -2.89. The monoisotopic (exact) mass is 316 g/mol. The van der Waals surface area contributed by atoms with E-state index in [1.54, 1.807) is 0 Å². The second-order valence-electron chi connectivity index (χ2n) is 5.01. The van der Waals surface area contributed by atoms with Crippen LogP contribution in [-0.2, 0) is 16.4 Å². The summed E-state index contributed by atoms with van der Waals surface area (Å²) in [7, 11) is -2.89. The number of benzene rings is 1. The molecule has 0 spiro atoms. The number of nitrogens with one attached hydrogen (secondary N) is 1. The van der Waals surface area contributed by atoms with E-state index in [9.17, 15) is 8.42 Å². The van der Waals surface area contributed by atoms with E-state index >= 15 is 0 Å². The first-order valence-electron chi connectivity index (χ1n) is 6.97. The van der Waals surface area contributed by atoms with Gasteiger partial charge in [-0.3, -0.25) is 0 Å². The average molecular weight is 317 g/mol. The van der Waals surface area contributed by atoms with Crippen LogP contribution in [0.2, 0.25) is 5.02 Å². The van der Waals surface area contributed by atoms with E-state index in [1.165, 1.54) is 0 Å². The van der Waals surface area contributed by atoms with Crippen LogP contribution in [0.5, 0.6) is 0 Å². The maximum Gasteiger partial charge on any atom is 0.152 e. The molecule has 6 heteroatoms. The number of hydrogen-bond donors (Lipinski definition) is 1. The van der Waals surface area contributed by atoms with Crippen LogP contribution in [0.25, 0.3) is 0 Å². The highest BCUT2D eigenvalue weighted by molar-refractivity contribution is 7.91. The summed E-state index contributed by atoms with van der Waals surface area (Å²) in [6.45, 7) is 4.93. The average Bonchev–Trinajstić information content (AvgIpc) is 2.58. The summed E-state index contributed by atoms with van der Waals surface area (Å²) in [5.41, 5.74) is 2.10. The topological polar surface area (TPSA) is 49.4 Å². The largest absolute Gasteiger partial charge is 0.370 e. The Morgan fingerprint density at radius 3 is 2.85 bits per heavy atom. The maximum absolute atomic E-state index is 11.7. The minimum absolute atomic E-state index is 0.222. The molecular formula is C14H21ClN2O2S. The first-order chi connectivity index (χ1) is 9.53. The lowest BCUT2D eigenvalue weighted by Crippen LogP contribution is -2.28. The predicted molar refractivity (Wildman–Crippen MR) is 84.3 cm³/mol. The number of nitrogens with zero attached hydrogens (tertiary/aromatic N) is 1. The van der Waals surface area contributed by atoms with E-state index in [2.05, 4.69) is 17.1 Å². The lowest BCUT2D eigenvalue weighted by molar-refractivity contribution is 0.597. The molecule has 1 saturated heterocycles. The third-order valence-corrected chi connectivity index (χ3v) is 5.61. The third kappa shape index (κ3) is 3.87. The highest BCUT2D eigenvalue weighted by Gasteiger charge is 2.21. The quantitative estimate of drug-likeness (QED) is 0.924. The van der Waals surface area contributed by atoms with Crippen LogP contribution in [0.1, 0.15) is 18.9 Å². The van der Waals surface area contributed by atoms with Gasteiger partial charge in [-0.25, -0.2) is 8.42 Å².